The van der Waals surface area contributed by atoms with Gasteiger partial charge in [-0.15, -0.1) is 0 Å². The molecule has 0 heterocycles. The van der Waals surface area contributed by atoms with Crippen LogP contribution in [-0.2, 0) is 11.2 Å². The van der Waals surface area contributed by atoms with E-state index in [2.05, 4.69) is 32.9 Å². The summed E-state index contributed by atoms with van der Waals surface area (Å²) >= 11 is 0. The number of aryl methyl sites for hydroxylation is 3. The summed E-state index contributed by atoms with van der Waals surface area (Å²) in [6, 6.07) is 4.28. The second kappa shape index (κ2) is 5.64. The Balaban J connectivity index is 2.89. The van der Waals surface area contributed by atoms with Crippen LogP contribution >= 0.6 is 0 Å². The molecule has 0 aliphatic rings. The maximum atomic E-state index is 11.7. The molecule has 86 valence electrons. The maximum absolute atomic E-state index is 11.7. The van der Waals surface area contributed by atoms with Gasteiger partial charge in [-0.05, 0) is 50.0 Å². The lowest BCUT2D eigenvalue weighted by Crippen LogP contribution is -2.03. The van der Waals surface area contributed by atoms with Gasteiger partial charge in [0.05, 0.1) is 0 Å². The molecule has 1 heteroatoms. The van der Waals surface area contributed by atoms with E-state index in [4.69, 9.17) is 0 Å². The molecule has 1 nitrogen and oxygen atoms in total. The third-order valence-electron chi connectivity index (χ3n) is 2.73. The van der Waals surface area contributed by atoms with Gasteiger partial charge in [0.1, 0.15) is 0 Å². The van der Waals surface area contributed by atoms with Crippen molar-refractivity contribution in [2.75, 3.05) is 0 Å². The molecular formula is C15H20O. The number of hydrogen-bond donors (Lipinski definition) is 0. The van der Waals surface area contributed by atoms with Crippen molar-refractivity contribution >= 4 is 5.78 Å². The van der Waals surface area contributed by atoms with Gasteiger partial charge >= 0.3 is 0 Å². The van der Waals surface area contributed by atoms with Crippen molar-refractivity contribution in [1.82, 2.24) is 0 Å². The fourth-order valence-electron chi connectivity index (χ4n) is 1.97. The average Bonchev–Trinajstić information content (AvgIpc) is 2.20. The molecule has 0 aromatic heterocycles. The minimum absolute atomic E-state index is 0.192. The van der Waals surface area contributed by atoms with Gasteiger partial charge in [-0.2, -0.15) is 0 Å². The third-order valence-corrected chi connectivity index (χ3v) is 2.73. The second-order valence-electron chi connectivity index (χ2n) is 4.33. The molecule has 1 aromatic carbocycles. The summed E-state index contributed by atoms with van der Waals surface area (Å²) in [6.07, 6.45) is 5.05. The average molecular weight is 216 g/mol. The molecule has 0 radical (unpaired) electrons. The quantitative estimate of drug-likeness (QED) is 0.701. The molecule has 0 bridgehead atoms. The summed E-state index contributed by atoms with van der Waals surface area (Å²) in [5.41, 5.74) is 4.87. The molecule has 0 fully saturated rings. The molecule has 0 aliphatic heterocycles. The second-order valence-corrected chi connectivity index (χ2v) is 4.33. The van der Waals surface area contributed by atoms with E-state index >= 15 is 0 Å². The van der Waals surface area contributed by atoms with Crippen LogP contribution in [0.4, 0.5) is 0 Å². The van der Waals surface area contributed by atoms with Crippen LogP contribution in [0.25, 0.3) is 0 Å². The van der Waals surface area contributed by atoms with Gasteiger partial charge < -0.3 is 0 Å². The Bertz CT molecular complexity index is 390. The van der Waals surface area contributed by atoms with E-state index in [0.717, 1.165) is 6.42 Å². The van der Waals surface area contributed by atoms with Gasteiger partial charge in [-0.25, -0.2) is 0 Å². The van der Waals surface area contributed by atoms with Crippen LogP contribution in [0.3, 0.4) is 0 Å². The Morgan fingerprint density at radius 1 is 1.19 bits per heavy atom. The molecule has 0 saturated carbocycles. The number of carbonyl (C=O) groups is 1. The normalized spacial score (nSPS) is 11.0. The zero-order valence-electron chi connectivity index (χ0n) is 10.6. The van der Waals surface area contributed by atoms with Gasteiger partial charge in [0.15, 0.2) is 5.78 Å². The lowest BCUT2D eigenvalue weighted by atomic mass is 9.96. The van der Waals surface area contributed by atoms with Crippen molar-refractivity contribution in [3.63, 3.8) is 0 Å². The maximum Gasteiger partial charge on any atom is 0.159 e. The van der Waals surface area contributed by atoms with Crippen LogP contribution < -0.4 is 0 Å². The van der Waals surface area contributed by atoms with Crippen LogP contribution in [-0.4, -0.2) is 5.78 Å². The fraction of sp³-hybridized carbons (Fsp3) is 0.400. The van der Waals surface area contributed by atoms with E-state index in [1.807, 2.05) is 13.0 Å². The van der Waals surface area contributed by atoms with Crippen molar-refractivity contribution in [1.29, 1.82) is 0 Å². The summed E-state index contributed by atoms with van der Waals surface area (Å²) in [4.78, 5) is 11.7. The van der Waals surface area contributed by atoms with Crippen molar-refractivity contribution in [3.8, 4) is 0 Å². The molecule has 0 N–H and O–H groups in total. The predicted molar refractivity (Wildman–Crippen MR) is 68.8 cm³/mol. The third kappa shape index (κ3) is 3.34. The van der Waals surface area contributed by atoms with Gasteiger partial charge in [0.2, 0.25) is 0 Å². The lowest BCUT2D eigenvalue weighted by Gasteiger charge is -2.09. The number of carbonyl (C=O) groups excluding carboxylic acids is 1. The lowest BCUT2D eigenvalue weighted by molar-refractivity contribution is -0.114. The van der Waals surface area contributed by atoms with E-state index in [1.165, 1.54) is 22.3 Å². The molecule has 0 spiro atoms. The SMILES string of the molecule is CC/C=C/C(=O)Cc1c(C)cc(C)cc1C. The van der Waals surface area contributed by atoms with Gasteiger partial charge in [-0.1, -0.05) is 30.7 Å². The highest BCUT2D eigenvalue weighted by molar-refractivity contribution is 5.91. The van der Waals surface area contributed by atoms with Crippen LogP contribution in [0.15, 0.2) is 24.3 Å². The van der Waals surface area contributed by atoms with E-state index in [9.17, 15) is 4.79 Å². The highest BCUT2D eigenvalue weighted by Gasteiger charge is 2.07. The van der Waals surface area contributed by atoms with E-state index in [0.29, 0.717) is 6.42 Å². The molecular weight excluding hydrogens is 196 g/mol. The molecule has 0 unspecified atom stereocenters. The zero-order valence-corrected chi connectivity index (χ0v) is 10.6. The molecule has 0 saturated heterocycles. The topological polar surface area (TPSA) is 17.1 Å². The number of hydrogen-bond acceptors (Lipinski definition) is 1. The first-order valence-electron chi connectivity index (χ1n) is 5.80. The van der Waals surface area contributed by atoms with Crippen LogP contribution in [0.2, 0.25) is 0 Å². The largest absolute Gasteiger partial charge is 0.294 e. The first kappa shape index (κ1) is 12.7. The van der Waals surface area contributed by atoms with Crippen molar-refractivity contribution in [3.05, 3.63) is 46.5 Å². The Morgan fingerprint density at radius 3 is 2.25 bits per heavy atom. The number of allylic oxidation sites excluding steroid dienone is 2. The monoisotopic (exact) mass is 216 g/mol. The molecule has 0 aliphatic carbocycles. The molecule has 0 atom stereocenters. The van der Waals surface area contributed by atoms with Crippen LogP contribution in [0.1, 0.15) is 35.6 Å². The summed E-state index contributed by atoms with van der Waals surface area (Å²) < 4.78 is 0. The zero-order chi connectivity index (χ0) is 12.1. The van der Waals surface area contributed by atoms with Gasteiger partial charge in [-0.3, -0.25) is 4.79 Å². The number of benzene rings is 1. The Labute approximate surface area is 98.2 Å². The van der Waals surface area contributed by atoms with E-state index in [-0.39, 0.29) is 5.78 Å². The van der Waals surface area contributed by atoms with E-state index < -0.39 is 0 Å². The Kier molecular flexibility index (Phi) is 4.48. The summed E-state index contributed by atoms with van der Waals surface area (Å²) in [5.74, 6) is 0.192. The molecule has 16 heavy (non-hydrogen) atoms. The highest BCUT2D eigenvalue weighted by atomic mass is 16.1. The molecule has 1 aromatic rings. The van der Waals surface area contributed by atoms with Gasteiger partial charge in [0, 0.05) is 6.42 Å². The minimum Gasteiger partial charge on any atom is -0.294 e. The minimum atomic E-state index is 0.192. The first-order valence-corrected chi connectivity index (χ1v) is 5.80. The van der Waals surface area contributed by atoms with Crippen molar-refractivity contribution < 1.29 is 4.79 Å². The van der Waals surface area contributed by atoms with Crippen molar-refractivity contribution in [2.24, 2.45) is 0 Å². The van der Waals surface area contributed by atoms with Crippen molar-refractivity contribution in [2.45, 2.75) is 40.5 Å². The first-order chi connectivity index (χ1) is 7.54. The summed E-state index contributed by atoms with van der Waals surface area (Å²) in [6.45, 7) is 8.27. The Hall–Kier alpha value is -1.37. The standard InChI is InChI=1S/C15H20O/c1-5-6-7-14(16)10-15-12(3)8-11(2)9-13(15)4/h6-9H,5,10H2,1-4H3/b7-6+. The van der Waals surface area contributed by atoms with Crippen LogP contribution in [0.5, 0.6) is 0 Å². The smallest absolute Gasteiger partial charge is 0.159 e. The van der Waals surface area contributed by atoms with E-state index in [1.54, 1.807) is 6.08 Å². The predicted octanol–water partition coefficient (Wildman–Crippen LogP) is 3.69. The number of ketones is 1. The Morgan fingerprint density at radius 2 is 1.75 bits per heavy atom. The molecule has 1 rings (SSSR count). The highest BCUT2D eigenvalue weighted by Crippen LogP contribution is 2.17. The summed E-state index contributed by atoms with van der Waals surface area (Å²) in [5, 5.41) is 0. The van der Waals surface area contributed by atoms with Crippen LogP contribution in [0, 0.1) is 20.8 Å². The van der Waals surface area contributed by atoms with Gasteiger partial charge in [0.25, 0.3) is 0 Å². The fourth-order valence-corrected chi connectivity index (χ4v) is 1.97. The summed E-state index contributed by atoms with van der Waals surface area (Å²) in [7, 11) is 0. The molecule has 0 amide bonds. The number of rotatable bonds is 4.